The SMILES string of the molecule is C[C@@]1(C(=O)N2CCOc3c(C#N)cncc3C2)CCN(c2ncc(F)cn2)CC1(F)F. The highest BCUT2D eigenvalue weighted by atomic mass is 19.3. The maximum Gasteiger partial charge on any atom is 0.279 e. The van der Waals surface area contributed by atoms with E-state index in [4.69, 9.17) is 4.74 Å². The van der Waals surface area contributed by atoms with Gasteiger partial charge in [0.2, 0.25) is 11.9 Å². The smallest absolute Gasteiger partial charge is 0.279 e. The van der Waals surface area contributed by atoms with Gasteiger partial charge >= 0.3 is 0 Å². The summed E-state index contributed by atoms with van der Waals surface area (Å²) in [7, 11) is 0. The van der Waals surface area contributed by atoms with E-state index in [9.17, 15) is 14.4 Å². The second-order valence-electron chi connectivity index (χ2n) is 7.77. The fourth-order valence-corrected chi connectivity index (χ4v) is 3.86. The van der Waals surface area contributed by atoms with Crippen LogP contribution in [-0.2, 0) is 11.3 Å². The summed E-state index contributed by atoms with van der Waals surface area (Å²) in [5, 5.41) is 9.22. The van der Waals surface area contributed by atoms with Crippen molar-refractivity contribution in [1.29, 1.82) is 5.26 Å². The predicted molar refractivity (Wildman–Crippen MR) is 102 cm³/mol. The number of fused-ring (bicyclic) bond motifs is 1. The summed E-state index contributed by atoms with van der Waals surface area (Å²) >= 11 is 0. The molecule has 1 amide bonds. The molecule has 0 radical (unpaired) electrons. The number of rotatable bonds is 2. The van der Waals surface area contributed by atoms with Crippen LogP contribution < -0.4 is 9.64 Å². The minimum Gasteiger partial charge on any atom is -0.490 e. The van der Waals surface area contributed by atoms with Gasteiger partial charge in [-0.25, -0.2) is 23.1 Å². The highest BCUT2D eigenvalue weighted by molar-refractivity contribution is 5.84. The largest absolute Gasteiger partial charge is 0.490 e. The van der Waals surface area contributed by atoms with Crippen LogP contribution in [-0.4, -0.2) is 57.9 Å². The number of carbonyl (C=O) groups excluding carboxylic acids is 1. The van der Waals surface area contributed by atoms with Gasteiger partial charge in [0.1, 0.15) is 29.4 Å². The zero-order valence-corrected chi connectivity index (χ0v) is 16.7. The molecule has 0 aliphatic carbocycles. The molecule has 4 rings (SSSR count). The standard InChI is InChI=1S/C20H19F3N6O2/c1-19(2-3-29(12-20(19,22)23)18-26-9-15(21)10-27-18)17(30)28-4-5-31-16-13(6-24)7-25-8-14(16)11-28/h7-10H,2-5,11-12H2,1H3/t19-/m0/s1. The molecule has 0 unspecified atom stereocenters. The van der Waals surface area contributed by atoms with Crippen LogP contribution in [0.1, 0.15) is 24.5 Å². The molecule has 11 heteroatoms. The summed E-state index contributed by atoms with van der Waals surface area (Å²) in [5.74, 6) is -4.43. The van der Waals surface area contributed by atoms with Crippen molar-refractivity contribution < 1.29 is 22.7 Å². The van der Waals surface area contributed by atoms with E-state index >= 15 is 8.78 Å². The van der Waals surface area contributed by atoms with Crippen molar-refractivity contribution in [1.82, 2.24) is 19.9 Å². The third-order valence-corrected chi connectivity index (χ3v) is 5.79. The minimum absolute atomic E-state index is 0.0113. The molecule has 8 nitrogen and oxygen atoms in total. The summed E-state index contributed by atoms with van der Waals surface area (Å²) in [6.07, 6.45) is 4.52. The van der Waals surface area contributed by atoms with Crippen molar-refractivity contribution in [2.24, 2.45) is 5.41 Å². The molecule has 1 fully saturated rings. The number of ether oxygens (including phenoxy) is 1. The quantitative estimate of drug-likeness (QED) is 0.718. The van der Waals surface area contributed by atoms with E-state index in [0.717, 1.165) is 12.4 Å². The number of hydrogen-bond acceptors (Lipinski definition) is 7. The molecule has 0 aromatic carbocycles. The van der Waals surface area contributed by atoms with Crippen LogP contribution in [0.2, 0.25) is 0 Å². The number of halogens is 3. The maximum atomic E-state index is 15.3. The number of piperidine rings is 1. The molecule has 2 aromatic heterocycles. The van der Waals surface area contributed by atoms with Gasteiger partial charge in [-0.05, 0) is 13.3 Å². The van der Waals surface area contributed by atoms with E-state index in [0.29, 0.717) is 11.3 Å². The van der Waals surface area contributed by atoms with Crippen molar-refractivity contribution in [2.45, 2.75) is 25.8 Å². The lowest BCUT2D eigenvalue weighted by Crippen LogP contribution is -2.61. The van der Waals surface area contributed by atoms with Crippen LogP contribution in [0, 0.1) is 22.6 Å². The molecule has 1 atom stereocenters. The Labute approximate surface area is 176 Å². The molecular formula is C20H19F3N6O2. The number of alkyl halides is 2. The van der Waals surface area contributed by atoms with E-state index in [2.05, 4.69) is 15.0 Å². The summed E-state index contributed by atoms with van der Waals surface area (Å²) in [4.78, 5) is 27.4. The van der Waals surface area contributed by atoms with E-state index in [-0.39, 0.29) is 44.2 Å². The monoisotopic (exact) mass is 432 g/mol. The van der Waals surface area contributed by atoms with E-state index in [1.807, 2.05) is 6.07 Å². The lowest BCUT2D eigenvalue weighted by molar-refractivity contribution is -0.173. The number of pyridine rings is 1. The first kappa shape index (κ1) is 20.8. The summed E-state index contributed by atoms with van der Waals surface area (Å²) in [6, 6.07) is 1.98. The van der Waals surface area contributed by atoms with E-state index in [1.165, 1.54) is 29.1 Å². The molecule has 0 spiro atoms. The number of nitrogens with zero attached hydrogens (tertiary/aromatic N) is 6. The topological polar surface area (TPSA) is 95.2 Å². The van der Waals surface area contributed by atoms with Crippen molar-refractivity contribution in [3.8, 4) is 11.8 Å². The molecule has 31 heavy (non-hydrogen) atoms. The zero-order valence-electron chi connectivity index (χ0n) is 16.7. The first-order valence-corrected chi connectivity index (χ1v) is 9.64. The Hall–Kier alpha value is -3.42. The first-order valence-electron chi connectivity index (χ1n) is 9.64. The Bertz CT molecular complexity index is 1040. The van der Waals surface area contributed by atoms with Crippen molar-refractivity contribution in [3.05, 3.63) is 41.7 Å². The number of amides is 1. The zero-order chi connectivity index (χ0) is 22.2. The number of nitriles is 1. The first-order chi connectivity index (χ1) is 14.7. The molecule has 2 aliphatic heterocycles. The van der Waals surface area contributed by atoms with Crippen molar-refractivity contribution in [3.63, 3.8) is 0 Å². The van der Waals surface area contributed by atoms with Gasteiger partial charge in [-0.1, -0.05) is 0 Å². The van der Waals surface area contributed by atoms with E-state index in [1.54, 1.807) is 0 Å². The van der Waals surface area contributed by atoms with Crippen molar-refractivity contribution >= 4 is 11.9 Å². The lowest BCUT2D eigenvalue weighted by atomic mass is 9.75. The Balaban J connectivity index is 1.56. The van der Waals surface area contributed by atoms with Gasteiger partial charge < -0.3 is 14.5 Å². The molecule has 162 valence electrons. The van der Waals surface area contributed by atoms with Gasteiger partial charge in [0.25, 0.3) is 5.92 Å². The van der Waals surface area contributed by atoms with Crippen LogP contribution in [0.15, 0.2) is 24.8 Å². The summed E-state index contributed by atoms with van der Waals surface area (Å²) < 4.78 is 49.2. The molecule has 0 saturated carbocycles. The van der Waals surface area contributed by atoms with Crippen LogP contribution in [0.3, 0.4) is 0 Å². The highest BCUT2D eigenvalue weighted by Crippen LogP contribution is 2.46. The van der Waals surface area contributed by atoms with Crippen LogP contribution in [0.5, 0.6) is 5.75 Å². The Kier molecular flexibility index (Phi) is 5.16. The number of aromatic nitrogens is 3. The number of carbonyl (C=O) groups is 1. The second kappa shape index (κ2) is 7.68. The Morgan fingerprint density at radius 2 is 1.97 bits per heavy atom. The van der Waals surface area contributed by atoms with Gasteiger partial charge in [-0.2, -0.15) is 5.26 Å². The van der Waals surface area contributed by atoms with Gasteiger partial charge in [-0.3, -0.25) is 9.78 Å². The summed E-state index contributed by atoms with van der Waals surface area (Å²) in [6.45, 7) is 0.817. The van der Waals surface area contributed by atoms with Gasteiger partial charge in [0.05, 0.1) is 32.0 Å². The third kappa shape index (κ3) is 3.62. The van der Waals surface area contributed by atoms with E-state index < -0.39 is 29.6 Å². The second-order valence-corrected chi connectivity index (χ2v) is 7.77. The normalized spacial score (nSPS) is 22.7. The molecule has 1 saturated heterocycles. The Morgan fingerprint density at radius 3 is 2.65 bits per heavy atom. The maximum absolute atomic E-state index is 15.3. The highest BCUT2D eigenvalue weighted by Gasteiger charge is 2.59. The fraction of sp³-hybridized carbons (Fsp3) is 0.450. The lowest BCUT2D eigenvalue weighted by Gasteiger charge is -2.46. The molecular weight excluding hydrogens is 413 g/mol. The molecule has 2 aromatic rings. The van der Waals surface area contributed by atoms with Gasteiger partial charge in [0.15, 0.2) is 5.82 Å². The van der Waals surface area contributed by atoms with Crippen molar-refractivity contribution in [2.75, 3.05) is 31.1 Å². The van der Waals surface area contributed by atoms with Crippen LogP contribution >= 0.6 is 0 Å². The van der Waals surface area contributed by atoms with Crippen LogP contribution in [0.25, 0.3) is 0 Å². The fourth-order valence-electron chi connectivity index (χ4n) is 3.86. The van der Waals surface area contributed by atoms with Gasteiger partial charge in [-0.15, -0.1) is 0 Å². The average Bonchev–Trinajstić information content (AvgIpc) is 2.98. The number of hydrogen-bond donors (Lipinski definition) is 0. The Morgan fingerprint density at radius 1 is 1.23 bits per heavy atom. The van der Waals surface area contributed by atoms with Gasteiger partial charge in [0, 0.05) is 24.5 Å². The minimum atomic E-state index is -3.39. The number of anilines is 1. The predicted octanol–water partition coefficient (Wildman–Crippen LogP) is 2.16. The molecule has 4 heterocycles. The third-order valence-electron chi connectivity index (χ3n) is 5.79. The average molecular weight is 432 g/mol. The summed E-state index contributed by atoms with van der Waals surface area (Å²) in [5.41, 5.74) is -1.22. The molecule has 2 aliphatic rings. The molecule has 0 N–H and O–H groups in total. The molecule has 0 bridgehead atoms. The van der Waals surface area contributed by atoms with Crippen LogP contribution in [0.4, 0.5) is 19.1 Å².